The van der Waals surface area contributed by atoms with Crippen LogP contribution >= 0.6 is 11.3 Å². The minimum Gasteiger partial charge on any atom is -0.396 e. The molecule has 2 heterocycles. The first-order valence-electron chi connectivity index (χ1n) is 6.43. The van der Waals surface area contributed by atoms with Crippen LogP contribution < -0.4 is 11.1 Å². The molecule has 1 atom stereocenters. The van der Waals surface area contributed by atoms with E-state index in [0.29, 0.717) is 20.9 Å². The first kappa shape index (κ1) is 13.7. The van der Waals surface area contributed by atoms with Gasteiger partial charge in [-0.25, -0.2) is 9.97 Å². The number of aromatic nitrogens is 2. The third-order valence-electron chi connectivity index (χ3n) is 2.94. The number of hydrogen-bond donors (Lipinski definition) is 2. The Kier molecular flexibility index (Phi) is 4.31. The van der Waals surface area contributed by atoms with E-state index in [2.05, 4.69) is 22.2 Å². The zero-order valence-corrected chi connectivity index (χ0v) is 12.0. The minimum absolute atomic E-state index is 0.133. The van der Waals surface area contributed by atoms with Gasteiger partial charge in [-0.2, -0.15) is 0 Å². The summed E-state index contributed by atoms with van der Waals surface area (Å²) in [6, 6.07) is 0.151. The minimum atomic E-state index is -0.133. The molecule has 3 N–H and O–H groups in total. The monoisotopic (exact) mass is 278 g/mol. The summed E-state index contributed by atoms with van der Waals surface area (Å²) in [6.07, 6.45) is 6.38. The Morgan fingerprint density at radius 2 is 2.21 bits per heavy atom. The Morgan fingerprint density at radius 1 is 1.47 bits per heavy atom. The molecule has 0 fully saturated rings. The maximum Gasteiger partial charge on any atom is 0.263 e. The SMILES string of the molecule is CCCCC(C)NC(=O)c1sc2nccnc2c1N. The maximum absolute atomic E-state index is 12.2. The lowest BCUT2D eigenvalue weighted by molar-refractivity contribution is 0.0943. The van der Waals surface area contributed by atoms with Crippen LogP contribution in [0.4, 0.5) is 5.69 Å². The lowest BCUT2D eigenvalue weighted by Gasteiger charge is -2.12. The highest BCUT2D eigenvalue weighted by Gasteiger charge is 2.18. The standard InChI is InChI=1S/C13H18N4OS/c1-3-4-5-8(2)17-12(18)11-9(14)10-13(19-11)16-7-6-15-10/h6-8H,3-5,14H2,1-2H3,(H,17,18). The number of carbonyl (C=O) groups is 1. The fourth-order valence-electron chi connectivity index (χ4n) is 1.88. The van der Waals surface area contributed by atoms with Crippen LogP contribution in [0.2, 0.25) is 0 Å². The molecule has 0 radical (unpaired) electrons. The second-order valence-corrected chi connectivity index (χ2v) is 5.57. The molecule has 0 bridgehead atoms. The number of amides is 1. The van der Waals surface area contributed by atoms with Crippen molar-refractivity contribution in [3.8, 4) is 0 Å². The second kappa shape index (κ2) is 5.97. The van der Waals surface area contributed by atoms with Gasteiger partial charge < -0.3 is 11.1 Å². The molecule has 0 aliphatic rings. The van der Waals surface area contributed by atoms with Gasteiger partial charge in [-0.1, -0.05) is 19.8 Å². The van der Waals surface area contributed by atoms with Crippen molar-refractivity contribution in [1.29, 1.82) is 0 Å². The lowest BCUT2D eigenvalue weighted by Crippen LogP contribution is -2.32. The molecule has 2 rings (SSSR count). The Hall–Kier alpha value is -1.69. The van der Waals surface area contributed by atoms with E-state index in [9.17, 15) is 4.79 Å². The van der Waals surface area contributed by atoms with Crippen LogP contribution in [-0.4, -0.2) is 21.9 Å². The maximum atomic E-state index is 12.2. The van der Waals surface area contributed by atoms with Crippen molar-refractivity contribution in [2.45, 2.75) is 39.2 Å². The van der Waals surface area contributed by atoms with Crippen LogP contribution in [-0.2, 0) is 0 Å². The van der Waals surface area contributed by atoms with Gasteiger partial charge in [-0.3, -0.25) is 4.79 Å². The molecule has 0 aliphatic carbocycles. The number of nitrogens with one attached hydrogen (secondary N) is 1. The zero-order valence-electron chi connectivity index (χ0n) is 11.1. The number of carbonyl (C=O) groups excluding carboxylic acids is 1. The van der Waals surface area contributed by atoms with Gasteiger partial charge in [0.25, 0.3) is 5.91 Å². The molecule has 2 aromatic heterocycles. The molecule has 0 saturated carbocycles. The molecule has 0 aromatic carbocycles. The number of thiophene rings is 1. The van der Waals surface area contributed by atoms with Gasteiger partial charge in [-0.15, -0.1) is 11.3 Å². The average Bonchev–Trinajstić information content (AvgIpc) is 2.74. The number of fused-ring (bicyclic) bond motifs is 1. The lowest BCUT2D eigenvalue weighted by atomic mass is 10.1. The summed E-state index contributed by atoms with van der Waals surface area (Å²) in [7, 11) is 0. The predicted octanol–water partition coefficient (Wildman–Crippen LogP) is 2.58. The summed E-state index contributed by atoms with van der Waals surface area (Å²) in [5, 5.41) is 2.97. The summed E-state index contributed by atoms with van der Waals surface area (Å²) in [5.41, 5.74) is 7.00. The number of hydrogen-bond acceptors (Lipinski definition) is 5. The third kappa shape index (κ3) is 3.01. The molecular weight excluding hydrogens is 260 g/mol. The van der Waals surface area contributed by atoms with Gasteiger partial charge in [0.05, 0.1) is 5.69 Å². The third-order valence-corrected chi connectivity index (χ3v) is 4.04. The van der Waals surface area contributed by atoms with Crippen LogP contribution in [0.15, 0.2) is 12.4 Å². The van der Waals surface area contributed by atoms with Crippen molar-refractivity contribution in [2.75, 3.05) is 5.73 Å². The average molecular weight is 278 g/mol. The number of nitrogens with two attached hydrogens (primary N) is 1. The Labute approximate surface area is 116 Å². The highest BCUT2D eigenvalue weighted by molar-refractivity contribution is 7.21. The number of unbranched alkanes of at least 4 members (excludes halogenated alkanes) is 1. The fourth-order valence-corrected chi connectivity index (χ4v) is 2.81. The van der Waals surface area contributed by atoms with E-state index in [4.69, 9.17) is 5.73 Å². The molecule has 102 valence electrons. The summed E-state index contributed by atoms with van der Waals surface area (Å²) >= 11 is 1.29. The van der Waals surface area contributed by atoms with E-state index in [1.54, 1.807) is 12.4 Å². The van der Waals surface area contributed by atoms with E-state index in [0.717, 1.165) is 19.3 Å². The van der Waals surface area contributed by atoms with Crippen molar-refractivity contribution in [3.63, 3.8) is 0 Å². The topological polar surface area (TPSA) is 80.9 Å². The summed E-state index contributed by atoms with van der Waals surface area (Å²) in [4.78, 5) is 21.7. The van der Waals surface area contributed by atoms with Crippen LogP contribution in [0.1, 0.15) is 42.8 Å². The van der Waals surface area contributed by atoms with Gasteiger partial charge >= 0.3 is 0 Å². The van der Waals surface area contributed by atoms with Gasteiger partial charge in [0, 0.05) is 18.4 Å². The number of nitrogen functional groups attached to an aromatic ring is 1. The quantitative estimate of drug-likeness (QED) is 0.880. The van der Waals surface area contributed by atoms with Crippen molar-refractivity contribution >= 4 is 33.3 Å². The van der Waals surface area contributed by atoms with Crippen LogP contribution in [0.25, 0.3) is 10.3 Å². The summed E-state index contributed by atoms with van der Waals surface area (Å²) in [6.45, 7) is 4.14. The summed E-state index contributed by atoms with van der Waals surface area (Å²) in [5.74, 6) is -0.133. The first-order chi connectivity index (χ1) is 9.13. The van der Waals surface area contributed by atoms with E-state index in [1.807, 2.05) is 6.92 Å². The van der Waals surface area contributed by atoms with Crippen molar-refractivity contribution < 1.29 is 4.79 Å². The van der Waals surface area contributed by atoms with Crippen LogP contribution in [0.5, 0.6) is 0 Å². The van der Waals surface area contributed by atoms with Gasteiger partial charge in [0.2, 0.25) is 0 Å². The molecule has 19 heavy (non-hydrogen) atoms. The molecule has 1 unspecified atom stereocenters. The predicted molar refractivity (Wildman–Crippen MR) is 78.3 cm³/mol. The molecule has 6 heteroatoms. The number of rotatable bonds is 5. The number of anilines is 1. The molecule has 5 nitrogen and oxygen atoms in total. The van der Waals surface area contributed by atoms with E-state index in [1.165, 1.54) is 11.3 Å². The molecule has 0 spiro atoms. The molecule has 1 amide bonds. The number of nitrogens with zero attached hydrogens (tertiary/aromatic N) is 2. The largest absolute Gasteiger partial charge is 0.396 e. The summed E-state index contributed by atoms with van der Waals surface area (Å²) < 4.78 is 0. The smallest absolute Gasteiger partial charge is 0.263 e. The molecule has 0 aliphatic heterocycles. The Morgan fingerprint density at radius 3 is 2.89 bits per heavy atom. The van der Waals surface area contributed by atoms with Crippen LogP contribution in [0.3, 0.4) is 0 Å². The van der Waals surface area contributed by atoms with E-state index >= 15 is 0 Å². The Balaban J connectivity index is 2.15. The molecule has 2 aromatic rings. The normalized spacial score (nSPS) is 12.5. The van der Waals surface area contributed by atoms with Crippen molar-refractivity contribution in [3.05, 3.63) is 17.3 Å². The van der Waals surface area contributed by atoms with Crippen molar-refractivity contribution in [1.82, 2.24) is 15.3 Å². The fraction of sp³-hybridized carbons (Fsp3) is 0.462. The highest BCUT2D eigenvalue weighted by atomic mass is 32.1. The van der Waals surface area contributed by atoms with Gasteiger partial charge in [-0.05, 0) is 13.3 Å². The first-order valence-corrected chi connectivity index (χ1v) is 7.25. The van der Waals surface area contributed by atoms with E-state index < -0.39 is 0 Å². The van der Waals surface area contributed by atoms with Gasteiger partial charge in [0.1, 0.15) is 15.2 Å². The van der Waals surface area contributed by atoms with E-state index in [-0.39, 0.29) is 11.9 Å². The van der Waals surface area contributed by atoms with Gasteiger partial charge in [0.15, 0.2) is 0 Å². The molecule has 0 saturated heterocycles. The highest BCUT2D eigenvalue weighted by Crippen LogP contribution is 2.30. The van der Waals surface area contributed by atoms with Crippen molar-refractivity contribution in [2.24, 2.45) is 0 Å². The van der Waals surface area contributed by atoms with Crippen LogP contribution in [0, 0.1) is 0 Å². The zero-order chi connectivity index (χ0) is 13.8. The second-order valence-electron chi connectivity index (χ2n) is 4.57. The molecular formula is C13H18N4OS. The Bertz CT molecular complexity index is 581.